The third-order valence-corrected chi connectivity index (χ3v) is 4.38. The van der Waals surface area contributed by atoms with Gasteiger partial charge in [-0.05, 0) is 39.2 Å². The maximum absolute atomic E-state index is 12.2. The molecule has 1 aliphatic carbocycles. The Kier molecular flexibility index (Phi) is 3.74. The number of carbonyl (C=O) groups is 1. The molecular formula is C14H22N4O2. The van der Waals surface area contributed by atoms with E-state index in [-0.39, 0.29) is 23.3 Å². The molecule has 110 valence electrons. The largest absolute Gasteiger partial charge is 0.344 e. The molecule has 3 rings (SSSR count). The van der Waals surface area contributed by atoms with Crippen LogP contribution in [0.15, 0.2) is 4.52 Å². The van der Waals surface area contributed by atoms with E-state index >= 15 is 0 Å². The first kappa shape index (κ1) is 13.5. The lowest BCUT2D eigenvalue weighted by molar-refractivity contribution is 0.0869. The van der Waals surface area contributed by atoms with Crippen molar-refractivity contribution < 1.29 is 9.32 Å². The van der Waals surface area contributed by atoms with E-state index in [1.54, 1.807) is 0 Å². The van der Waals surface area contributed by atoms with Crippen LogP contribution in [0.2, 0.25) is 0 Å². The molecule has 0 spiro atoms. The standard InChI is InChI=1S/C14H22N4O2/c1-14(7-3-2-4-8-14)17-12(19)11-16-13(20-18-11)10-6-5-9-15-10/h10,15H,2-9H2,1H3,(H,17,19). The number of hydrogen-bond acceptors (Lipinski definition) is 5. The molecule has 1 saturated heterocycles. The van der Waals surface area contributed by atoms with Crippen LogP contribution in [0, 0.1) is 0 Å². The van der Waals surface area contributed by atoms with Crippen molar-refractivity contribution in [1.29, 1.82) is 0 Å². The Bertz CT molecular complexity index is 473. The molecule has 0 bridgehead atoms. The van der Waals surface area contributed by atoms with Crippen molar-refractivity contribution in [1.82, 2.24) is 20.8 Å². The van der Waals surface area contributed by atoms with Gasteiger partial charge >= 0.3 is 0 Å². The van der Waals surface area contributed by atoms with E-state index in [0.29, 0.717) is 5.89 Å². The van der Waals surface area contributed by atoms with Gasteiger partial charge in [0.1, 0.15) is 0 Å². The van der Waals surface area contributed by atoms with E-state index in [2.05, 4.69) is 27.7 Å². The number of amides is 1. The molecule has 1 aliphatic heterocycles. The molecular weight excluding hydrogens is 256 g/mol. The molecule has 1 saturated carbocycles. The van der Waals surface area contributed by atoms with Crippen LogP contribution in [0.1, 0.15) is 74.4 Å². The van der Waals surface area contributed by atoms with Crippen LogP contribution in [0.4, 0.5) is 0 Å². The zero-order chi connectivity index (χ0) is 14.0. The van der Waals surface area contributed by atoms with Gasteiger partial charge in [0.2, 0.25) is 5.89 Å². The van der Waals surface area contributed by atoms with Crippen molar-refractivity contribution in [3.63, 3.8) is 0 Å². The van der Waals surface area contributed by atoms with Gasteiger partial charge in [-0.25, -0.2) is 0 Å². The van der Waals surface area contributed by atoms with E-state index < -0.39 is 0 Å². The summed E-state index contributed by atoms with van der Waals surface area (Å²) < 4.78 is 5.21. The lowest BCUT2D eigenvalue weighted by Gasteiger charge is -2.34. The van der Waals surface area contributed by atoms with Crippen molar-refractivity contribution in [2.45, 2.75) is 63.5 Å². The number of rotatable bonds is 3. The van der Waals surface area contributed by atoms with Gasteiger partial charge in [-0.3, -0.25) is 4.79 Å². The number of aromatic nitrogens is 2. The SMILES string of the molecule is CC1(NC(=O)c2noc(C3CCCN3)n2)CCCCC1. The monoisotopic (exact) mass is 278 g/mol. The summed E-state index contributed by atoms with van der Waals surface area (Å²) >= 11 is 0. The molecule has 1 unspecified atom stereocenters. The predicted octanol–water partition coefficient (Wildman–Crippen LogP) is 1.95. The maximum atomic E-state index is 12.2. The van der Waals surface area contributed by atoms with Gasteiger partial charge in [0, 0.05) is 5.54 Å². The second kappa shape index (κ2) is 5.52. The van der Waals surface area contributed by atoms with Crippen LogP contribution >= 0.6 is 0 Å². The zero-order valence-corrected chi connectivity index (χ0v) is 11.9. The molecule has 2 N–H and O–H groups in total. The van der Waals surface area contributed by atoms with E-state index in [9.17, 15) is 4.79 Å². The fraction of sp³-hybridized carbons (Fsp3) is 0.786. The molecule has 6 nitrogen and oxygen atoms in total. The minimum absolute atomic E-state index is 0.106. The van der Waals surface area contributed by atoms with Crippen molar-refractivity contribution >= 4 is 5.91 Å². The summed E-state index contributed by atoms with van der Waals surface area (Å²) in [5.74, 6) is 0.462. The Labute approximate surface area is 118 Å². The predicted molar refractivity (Wildman–Crippen MR) is 73.2 cm³/mol. The lowest BCUT2D eigenvalue weighted by Crippen LogP contribution is -2.47. The summed E-state index contributed by atoms with van der Waals surface area (Å²) in [6.07, 6.45) is 7.72. The summed E-state index contributed by atoms with van der Waals surface area (Å²) in [6, 6.07) is 0.106. The van der Waals surface area contributed by atoms with Gasteiger partial charge in [0.05, 0.1) is 6.04 Å². The molecule has 1 aromatic heterocycles. The Hall–Kier alpha value is -1.43. The molecule has 0 aromatic carbocycles. The quantitative estimate of drug-likeness (QED) is 0.883. The average molecular weight is 278 g/mol. The molecule has 20 heavy (non-hydrogen) atoms. The Morgan fingerprint density at radius 1 is 1.35 bits per heavy atom. The Morgan fingerprint density at radius 2 is 2.15 bits per heavy atom. The number of nitrogens with one attached hydrogen (secondary N) is 2. The second-order valence-electron chi connectivity index (χ2n) is 6.18. The second-order valence-corrected chi connectivity index (χ2v) is 6.18. The highest BCUT2D eigenvalue weighted by Crippen LogP contribution is 2.28. The first-order valence-electron chi connectivity index (χ1n) is 7.56. The number of carbonyl (C=O) groups excluding carboxylic acids is 1. The van der Waals surface area contributed by atoms with E-state index in [4.69, 9.17) is 4.52 Å². The fourth-order valence-corrected chi connectivity index (χ4v) is 3.15. The summed E-state index contributed by atoms with van der Waals surface area (Å²) in [5, 5.41) is 10.2. The van der Waals surface area contributed by atoms with Crippen LogP contribution in [0.25, 0.3) is 0 Å². The van der Waals surface area contributed by atoms with Gasteiger partial charge in [-0.1, -0.05) is 24.4 Å². The van der Waals surface area contributed by atoms with E-state index in [1.807, 2.05) is 0 Å². The first-order chi connectivity index (χ1) is 9.66. The highest BCUT2D eigenvalue weighted by molar-refractivity contribution is 5.90. The summed E-state index contributed by atoms with van der Waals surface area (Å²) in [7, 11) is 0. The Morgan fingerprint density at radius 3 is 2.85 bits per heavy atom. The highest BCUT2D eigenvalue weighted by atomic mass is 16.5. The molecule has 2 heterocycles. The van der Waals surface area contributed by atoms with Crippen LogP contribution < -0.4 is 10.6 Å². The Balaban J connectivity index is 1.64. The van der Waals surface area contributed by atoms with Crippen LogP contribution in [-0.4, -0.2) is 28.1 Å². The van der Waals surface area contributed by atoms with Gasteiger partial charge in [-0.15, -0.1) is 0 Å². The highest BCUT2D eigenvalue weighted by Gasteiger charge is 2.31. The van der Waals surface area contributed by atoms with E-state index in [1.165, 1.54) is 19.3 Å². The minimum atomic E-state index is -0.220. The molecule has 1 amide bonds. The summed E-state index contributed by atoms with van der Waals surface area (Å²) in [5.41, 5.74) is -0.123. The normalized spacial score (nSPS) is 25.6. The zero-order valence-electron chi connectivity index (χ0n) is 11.9. The summed E-state index contributed by atoms with van der Waals surface area (Å²) in [4.78, 5) is 16.5. The smallest absolute Gasteiger partial charge is 0.293 e. The van der Waals surface area contributed by atoms with Crippen molar-refractivity contribution in [3.05, 3.63) is 11.7 Å². The third kappa shape index (κ3) is 2.85. The molecule has 2 aliphatic rings. The third-order valence-electron chi connectivity index (χ3n) is 4.38. The van der Waals surface area contributed by atoms with Gasteiger partial charge in [0.25, 0.3) is 11.7 Å². The lowest BCUT2D eigenvalue weighted by atomic mass is 9.83. The average Bonchev–Trinajstić information content (AvgIpc) is 3.10. The molecule has 1 aromatic rings. The minimum Gasteiger partial charge on any atom is -0.344 e. The van der Waals surface area contributed by atoms with Crippen LogP contribution in [0.5, 0.6) is 0 Å². The van der Waals surface area contributed by atoms with Crippen molar-refractivity contribution in [2.24, 2.45) is 0 Å². The first-order valence-corrected chi connectivity index (χ1v) is 7.56. The van der Waals surface area contributed by atoms with Crippen molar-refractivity contribution in [2.75, 3.05) is 6.54 Å². The number of nitrogens with zero attached hydrogens (tertiary/aromatic N) is 2. The van der Waals surface area contributed by atoms with Gasteiger partial charge in [-0.2, -0.15) is 4.98 Å². The number of hydrogen-bond donors (Lipinski definition) is 2. The molecule has 6 heteroatoms. The molecule has 2 fully saturated rings. The fourth-order valence-electron chi connectivity index (χ4n) is 3.15. The van der Waals surface area contributed by atoms with E-state index in [0.717, 1.165) is 32.2 Å². The maximum Gasteiger partial charge on any atom is 0.293 e. The summed E-state index contributed by atoms with van der Waals surface area (Å²) in [6.45, 7) is 3.07. The van der Waals surface area contributed by atoms with Gasteiger partial charge < -0.3 is 15.2 Å². The van der Waals surface area contributed by atoms with Crippen LogP contribution in [0.3, 0.4) is 0 Å². The van der Waals surface area contributed by atoms with Crippen LogP contribution in [-0.2, 0) is 0 Å². The van der Waals surface area contributed by atoms with Gasteiger partial charge in [0.15, 0.2) is 0 Å². The molecule has 1 atom stereocenters. The molecule has 0 radical (unpaired) electrons. The van der Waals surface area contributed by atoms with Crippen molar-refractivity contribution in [3.8, 4) is 0 Å². The topological polar surface area (TPSA) is 80.0 Å².